The van der Waals surface area contributed by atoms with Crippen LogP contribution in [0.2, 0.25) is 0 Å². The van der Waals surface area contributed by atoms with Gasteiger partial charge in [0.05, 0.1) is 17.1 Å². The van der Waals surface area contributed by atoms with Crippen molar-refractivity contribution >= 4 is 31.6 Å². The zero-order valence-corrected chi connectivity index (χ0v) is 17.1. The van der Waals surface area contributed by atoms with E-state index in [4.69, 9.17) is 0 Å². The number of hydrogen-bond acceptors (Lipinski definition) is 2. The van der Waals surface area contributed by atoms with Crippen molar-refractivity contribution in [3.05, 3.63) is 94.0 Å². The Morgan fingerprint density at radius 3 is 2.00 bits per heavy atom. The van der Waals surface area contributed by atoms with Crippen molar-refractivity contribution in [1.82, 2.24) is 0 Å². The van der Waals surface area contributed by atoms with Crippen molar-refractivity contribution in [2.45, 2.75) is 25.3 Å². The smallest absolute Gasteiger partial charge is 0.262 e. The Morgan fingerprint density at radius 2 is 1.42 bits per heavy atom. The summed E-state index contributed by atoms with van der Waals surface area (Å²) in [6, 6.07) is 22.1. The highest BCUT2D eigenvalue weighted by molar-refractivity contribution is 9.10. The number of nitrogens with zero attached hydrogens (tertiary/aromatic N) is 1. The number of sulfonamides is 1. The molecule has 0 aliphatic carbocycles. The SMILES string of the molecule is Cc1cc(C)cc(N(Cc2ccc(Br)cc2)S(=O)(=O)c2ccccc2)c1. The first-order valence-corrected chi connectivity index (χ1v) is 10.5. The van der Waals surface area contributed by atoms with Gasteiger partial charge >= 0.3 is 0 Å². The topological polar surface area (TPSA) is 37.4 Å². The lowest BCUT2D eigenvalue weighted by atomic mass is 10.1. The summed E-state index contributed by atoms with van der Waals surface area (Å²) in [6.07, 6.45) is 0. The molecule has 0 radical (unpaired) electrons. The maximum Gasteiger partial charge on any atom is 0.264 e. The van der Waals surface area contributed by atoms with Gasteiger partial charge in [-0.2, -0.15) is 0 Å². The largest absolute Gasteiger partial charge is 0.264 e. The lowest BCUT2D eigenvalue weighted by molar-refractivity contribution is 0.590. The van der Waals surface area contributed by atoms with Gasteiger partial charge in [-0.15, -0.1) is 0 Å². The van der Waals surface area contributed by atoms with Gasteiger partial charge in [0.1, 0.15) is 0 Å². The minimum atomic E-state index is -3.67. The third kappa shape index (κ3) is 4.17. The Morgan fingerprint density at radius 1 is 0.846 bits per heavy atom. The molecule has 0 bridgehead atoms. The van der Waals surface area contributed by atoms with E-state index in [9.17, 15) is 8.42 Å². The van der Waals surface area contributed by atoms with Crippen molar-refractivity contribution in [1.29, 1.82) is 0 Å². The van der Waals surface area contributed by atoms with Crippen LogP contribution in [0.4, 0.5) is 5.69 Å². The van der Waals surface area contributed by atoms with Crippen LogP contribution in [0.25, 0.3) is 0 Å². The maximum atomic E-state index is 13.3. The second-order valence-corrected chi connectivity index (χ2v) is 9.08. The fourth-order valence-corrected chi connectivity index (χ4v) is 4.61. The van der Waals surface area contributed by atoms with Gasteiger partial charge in [-0.1, -0.05) is 52.3 Å². The van der Waals surface area contributed by atoms with Gasteiger partial charge in [-0.05, 0) is 66.9 Å². The van der Waals surface area contributed by atoms with E-state index in [1.165, 1.54) is 4.31 Å². The van der Waals surface area contributed by atoms with E-state index in [2.05, 4.69) is 15.9 Å². The van der Waals surface area contributed by atoms with Crippen LogP contribution in [0.15, 0.2) is 82.2 Å². The first-order valence-electron chi connectivity index (χ1n) is 8.27. The molecule has 26 heavy (non-hydrogen) atoms. The quantitative estimate of drug-likeness (QED) is 0.539. The average molecular weight is 430 g/mol. The normalized spacial score (nSPS) is 11.3. The number of rotatable bonds is 5. The maximum absolute atomic E-state index is 13.3. The predicted octanol–water partition coefficient (Wildman–Crippen LogP) is 5.46. The zero-order chi connectivity index (χ0) is 18.7. The van der Waals surface area contributed by atoms with Gasteiger partial charge in [0, 0.05) is 4.47 Å². The summed E-state index contributed by atoms with van der Waals surface area (Å²) in [6.45, 7) is 4.22. The molecule has 0 fully saturated rings. The lowest BCUT2D eigenvalue weighted by Crippen LogP contribution is -2.30. The van der Waals surface area contributed by atoms with Crippen LogP contribution in [-0.2, 0) is 16.6 Å². The molecule has 0 atom stereocenters. The minimum Gasteiger partial charge on any atom is -0.262 e. The minimum absolute atomic E-state index is 0.271. The molecule has 3 rings (SSSR count). The Bertz CT molecular complexity index is 980. The van der Waals surface area contributed by atoms with Crippen molar-refractivity contribution in [2.24, 2.45) is 0 Å². The number of benzene rings is 3. The van der Waals surface area contributed by atoms with Gasteiger partial charge in [0.15, 0.2) is 0 Å². The van der Waals surface area contributed by atoms with Gasteiger partial charge in [-0.3, -0.25) is 4.31 Å². The third-order valence-electron chi connectivity index (χ3n) is 4.07. The molecule has 0 saturated carbocycles. The highest BCUT2D eigenvalue weighted by Crippen LogP contribution is 2.28. The molecule has 0 unspecified atom stereocenters. The molecule has 0 aromatic heterocycles. The highest BCUT2D eigenvalue weighted by atomic mass is 79.9. The Kier molecular flexibility index (Phi) is 5.49. The highest BCUT2D eigenvalue weighted by Gasteiger charge is 2.25. The Labute approximate surface area is 163 Å². The van der Waals surface area contributed by atoms with Crippen LogP contribution < -0.4 is 4.31 Å². The zero-order valence-electron chi connectivity index (χ0n) is 14.7. The number of anilines is 1. The number of aryl methyl sites for hydroxylation is 2. The molecule has 134 valence electrons. The second-order valence-electron chi connectivity index (χ2n) is 6.30. The summed E-state index contributed by atoms with van der Waals surface area (Å²) in [5.74, 6) is 0. The van der Waals surface area contributed by atoms with Gasteiger partial charge in [0.25, 0.3) is 10.0 Å². The van der Waals surface area contributed by atoms with Crippen LogP contribution in [0.1, 0.15) is 16.7 Å². The van der Waals surface area contributed by atoms with Gasteiger partial charge in [-0.25, -0.2) is 8.42 Å². The third-order valence-corrected chi connectivity index (χ3v) is 6.38. The van der Waals surface area contributed by atoms with Crippen molar-refractivity contribution < 1.29 is 8.42 Å². The summed E-state index contributed by atoms with van der Waals surface area (Å²) in [4.78, 5) is 0.288. The molecule has 3 aromatic carbocycles. The molecule has 0 aliphatic heterocycles. The molecule has 0 amide bonds. The fourth-order valence-electron chi connectivity index (χ4n) is 2.89. The van der Waals surface area contributed by atoms with E-state index in [0.717, 1.165) is 21.2 Å². The number of halogens is 1. The van der Waals surface area contributed by atoms with E-state index in [-0.39, 0.29) is 11.4 Å². The Balaban J connectivity index is 2.10. The van der Waals surface area contributed by atoms with Crippen molar-refractivity contribution in [3.8, 4) is 0 Å². The molecular formula is C21H20BrNO2S. The van der Waals surface area contributed by atoms with Gasteiger partial charge < -0.3 is 0 Å². The number of hydrogen-bond donors (Lipinski definition) is 0. The first kappa shape index (κ1) is 18.7. The summed E-state index contributed by atoms with van der Waals surface area (Å²) in [5.41, 5.74) is 3.66. The van der Waals surface area contributed by atoms with Crippen LogP contribution >= 0.6 is 15.9 Å². The van der Waals surface area contributed by atoms with E-state index in [1.807, 2.05) is 62.4 Å². The van der Waals surface area contributed by atoms with Crippen molar-refractivity contribution in [3.63, 3.8) is 0 Å². The standard InChI is InChI=1S/C21H20BrNO2S/c1-16-12-17(2)14-20(13-16)23(15-18-8-10-19(22)11-9-18)26(24,25)21-6-4-3-5-7-21/h3-14H,15H2,1-2H3. The molecular weight excluding hydrogens is 410 g/mol. The average Bonchev–Trinajstić information content (AvgIpc) is 2.61. The van der Waals surface area contributed by atoms with Crippen LogP contribution in [0, 0.1) is 13.8 Å². The molecule has 0 aliphatic rings. The molecule has 0 heterocycles. The summed E-state index contributed by atoms with van der Waals surface area (Å²) in [5, 5.41) is 0. The molecule has 3 aromatic rings. The fraction of sp³-hybridized carbons (Fsp3) is 0.143. The van der Waals surface area contributed by atoms with E-state index >= 15 is 0 Å². The molecule has 5 heteroatoms. The molecule has 0 spiro atoms. The lowest BCUT2D eigenvalue weighted by Gasteiger charge is -2.25. The monoisotopic (exact) mass is 429 g/mol. The van der Waals surface area contributed by atoms with Crippen molar-refractivity contribution in [2.75, 3.05) is 4.31 Å². The molecule has 3 nitrogen and oxygen atoms in total. The summed E-state index contributed by atoms with van der Waals surface area (Å²) < 4.78 is 29.1. The predicted molar refractivity (Wildman–Crippen MR) is 110 cm³/mol. The second kappa shape index (κ2) is 7.64. The van der Waals surface area contributed by atoms with Crippen LogP contribution in [0.3, 0.4) is 0 Å². The van der Waals surface area contributed by atoms with Crippen LogP contribution in [0.5, 0.6) is 0 Å². The Hall–Kier alpha value is -2.11. The summed E-state index contributed by atoms with van der Waals surface area (Å²) in [7, 11) is -3.67. The van der Waals surface area contributed by atoms with E-state index < -0.39 is 10.0 Å². The van der Waals surface area contributed by atoms with E-state index in [1.54, 1.807) is 24.3 Å². The molecule has 0 N–H and O–H groups in total. The summed E-state index contributed by atoms with van der Waals surface area (Å²) >= 11 is 3.42. The first-order chi connectivity index (χ1) is 12.4. The molecule has 0 saturated heterocycles. The van der Waals surface area contributed by atoms with E-state index in [0.29, 0.717) is 5.69 Å². The van der Waals surface area contributed by atoms with Gasteiger partial charge in [0.2, 0.25) is 0 Å². The van der Waals surface area contributed by atoms with Crippen LogP contribution in [-0.4, -0.2) is 8.42 Å².